The number of aromatic nitrogens is 3. The summed E-state index contributed by atoms with van der Waals surface area (Å²) < 4.78 is 2.23. The molecule has 1 aromatic rings. The van der Waals surface area contributed by atoms with Crippen LogP contribution in [0.3, 0.4) is 0 Å². The Morgan fingerprint density at radius 3 is 3.06 bits per heavy atom. The van der Waals surface area contributed by atoms with Crippen molar-refractivity contribution >= 4 is 11.8 Å². The molecule has 0 saturated carbocycles. The van der Waals surface area contributed by atoms with Gasteiger partial charge in [-0.1, -0.05) is 19.1 Å². The summed E-state index contributed by atoms with van der Waals surface area (Å²) in [6.07, 6.45) is 3.24. The molecule has 1 aromatic heterocycles. The summed E-state index contributed by atoms with van der Waals surface area (Å²) in [5, 5.41) is 8.28. The van der Waals surface area contributed by atoms with Gasteiger partial charge in [-0.3, -0.25) is 9.58 Å². The topological polar surface area (TPSA) is 60.0 Å². The van der Waals surface area contributed by atoms with Crippen molar-refractivity contribution in [2.75, 3.05) is 25.4 Å². The van der Waals surface area contributed by atoms with Gasteiger partial charge >= 0.3 is 0 Å². The molecule has 0 spiro atoms. The molecule has 102 valence electrons. The molecule has 0 amide bonds. The highest BCUT2D eigenvalue weighted by atomic mass is 32.2. The highest BCUT2D eigenvalue weighted by Crippen LogP contribution is 2.30. The fourth-order valence-electron chi connectivity index (χ4n) is 2.10. The summed E-state index contributed by atoms with van der Waals surface area (Å²) >= 11 is 2.07. The average Bonchev–Trinajstić information content (AvgIpc) is 2.66. The minimum absolute atomic E-state index is 0.409. The molecule has 0 bridgehead atoms. The quantitative estimate of drug-likeness (QED) is 0.882. The second-order valence-electron chi connectivity index (χ2n) is 5.40. The summed E-state index contributed by atoms with van der Waals surface area (Å²) in [6, 6.07) is 0. The molecule has 0 aromatic carbocycles. The fraction of sp³-hybridized carbons (Fsp3) is 0.833. The van der Waals surface area contributed by atoms with Crippen LogP contribution in [0, 0.1) is 0 Å². The van der Waals surface area contributed by atoms with Crippen molar-refractivity contribution in [3.63, 3.8) is 0 Å². The van der Waals surface area contributed by atoms with Gasteiger partial charge in [-0.15, -0.1) is 5.10 Å². The van der Waals surface area contributed by atoms with Gasteiger partial charge in [0.25, 0.3) is 0 Å². The van der Waals surface area contributed by atoms with Crippen LogP contribution in [0.4, 0.5) is 0 Å². The summed E-state index contributed by atoms with van der Waals surface area (Å²) in [7, 11) is 0. The highest BCUT2D eigenvalue weighted by molar-refractivity contribution is 8.00. The Morgan fingerprint density at radius 2 is 2.28 bits per heavy atom. The lowest BCUT2D eigenvalue weighted by molar-refractivity contribution is 0.273. The van der Waals surface area contributed by atoms with Gasteiger partial charge < -0.3 is 5.73 Å². The Morgan fingerprint density at radius 1 is 1.44 bits per heavy atom. The third-order valence-electron chi connectivity index (χ3n) is 3.26. The minimum atomic E-state index is 0.409. The predicted octanol–water partition coefficient (Wildman–Crippen LogP) is 0.954. The van der Waals surface area contributed by atoms with Crippen LogP contribution >= 0.6 is 11.8 Å². The van der Waals surface area contributed by atoms with Gasteiger partial charge in [0, 0.05) is 36.3 Å². The number of thioether (sulfide) groups is 1. The van der Waals surface area contributed by atoms with E-state index in [0.717, 1.165) is 31.9 Å². The van der Waals surface area contributed by atoms with Gasteiger partial charge in [-0.2, -0.15) is 11.8 Å². The van der Waals surface area contributed by atoms with Crippen LogP contribution in [0.2, 0.25) is 0 Å². The van der Waals surface area contributed by atoms with Gasteiger partial charge in [0.15, 0.2) is 0 Å². The fourth-order valence-corrected chi connectivity index (χ4v) is 3.24. The monoisotopic (exact) mass is 269 g/mol. The Bertz CT molecular complexity index is 376. The zero-order valence-corrected chi connectivity index (χ0v) is 12.1. The zero-order chi connectivity index (χ0) is 13.0. The van der Waals surface area contributed by atoms with Crippen LogP contribution in [0.15, 0.2) is 6.20 Å². The van der Waals surface area contributed by atoms with Gasteiger partial charge in [-0.05, 0) is 13.0 Å². The number of nitrogens with zero attached hydrogens (tertiary/aromatic N) is 4. The molecule has 1 aliphatic heterocycles. The van der Waals surface area contributed by atoms with Crippen LogP contribution < -0.4 is 5.73 Å². The summed E-state index contributed by atoms with van der Waals surface area (Å²) in [4.78, 5) is 2.47. The van der Waals surface area contributed by atoms with Gasteiger partial charge in [0.2, 0.25) is 0 Å². The van der Waals surface area contributed by atoms with Crippen LogP contribution in [-0.4, -0.2) is 50.0 Å². The summed E-state index contributed by atoms with van der Waals surface area (Å²) in [5.41, 5.74) is 6.55. The summed E-state index contributed by atoms with van der Waals surface area (Å²) in [5.74, 6) is 1.20. The Balaban J connectivity index is 1.88. The Labute approximate surface area is 113 Å². The van der Waals surface area contributed by atoms with Crippen molar-refractivity contribution in [2.24, 2.45) is 5.73 Å². The average molecular weight is 269 g/mol. The lowest BCUT2D eigenvalue weighted by atomic mass is 10.1. The Kier molecular flexibility index (Phi) is 4.64. The van der Waals surface area contributed by atoms with Crippen LogP contribution in [0.1, 0.15) is 26.0 Å². The van der Waals surface area contributed by atoms with E-state index < -0.39 is 0 Å². The SMILES string of the molecule is CC1(C)CCN(Cc2cn(CCN)nn2)CCS1. The molecular formula is C12H23N5S. The van der Waals surface area contributed by atoms with Crippen molar-refractivity contribution in [3.8, 4) is 0 Å². The maximum absolute atomic E-state index is 5.50. The molecule has 0 radical (unpaired) electrons. The first kappa shape index (κ1) is 13.8. The van der Waals surface area contributed by atoms with E-state index >= 15 is 0 Å². The van der Waals surface area contributed by atoms with Crippen LogP contribution in [-0.2, 0) is 13.1 Å². The number of hydrogen-bond donors (Lipinski definition) is 1. The maximum Gasteiger partial charge on any atom is 0.0967 e. The molecule has 2 rings (SSSR count). The first-order valence-electron chi connectivity index (χ1n) is 6.54. The van der Waals surface area contributed by atoms with E-state index in [1.54, 1.807) is 0 Å². The van der Waals surface area contributed by atoms with Crippen LogP contribution in [0.5, 0.6) is 0 Å². The molecule has 18 heavy (non-hydrogen) atoms. The molecule has 1 saturated heterocycles. The molecule has 2 heterocycles. The molecule has 5 nitrogen and oxygen atoms in total. The molecule has 0 aliphatic carbocycles. The van der Waals surface area contributed by atoms with E-state index in [0.29, 0.717) is 11.3 Å². The normalized spacial score (nSPS) is 20.8. The third kappa shape index (κ3) is 3.96. The summed E-state index contributed by atoms with van der Waals surface area (Å²) in [6.45, 7) is 9.20. The zero-order valence-electron chi connectivity index (χ0n) is 11.3. The molecule has 6 heteroatoms. The van der Waals surface area contributed by atoms with Crippen molar-refractivity contribution < 1.29 is 0 Å². The molecular weight excluding hydrogens is 246 g/mol. The Hall–Kier alpha value is -0.590. The van der Waals surface area contributed by atoms with Crippen molar-refractivity contribution in [1.29, 1.82) is 0 Å². The first-order chi connectivity index (χ1) is 8.59. The van der Waals surface area contributed by atoms with E-state index in [1.165, 1.54) is 12.2 Å². The van der Waals surface area contributed by atoms with Crippen LogP contribution in [0.25, 0.3) is 0 Å². The van der Waals surface area contributed by atoms with E-state index in [9.17, 15) is 0 Å². The molecule has 0 atom stereocenters. The van der Waals surface area contributed by atoms with E-state index in [4.69, 9.17) is 5.73 Å². The number of hydrogen-bond acceptors (Lipinski definition) is 5. The first-order valence-corrected chi connectivity index (χ1v) is 7.53. The standard InChI is InChI=1S/C12H23N5S/c1-12(2)3-5-16(7-8-18-12)9-11-10-17(6-4-13)15-14-11/h10H,3-9,13H2,1-2H3. The lowest BCUT2D eigenvalue weighted by Crippen LogP contribution is -2.27. The second kappa shape index (κ2) is 6.04. The third-order valence-corrected chi connectivity index (χ3v) is 4.63. The lowest BCUT2D eigenvalue weighted by Gasteiger charge is -2.21. The van der Waals surface area contributed by atoms with Crippen molar-refractivity contribution in [3.05, 3.63) is 11.9 Å². The van der Waals surface area contributed by atoms with Gasteiger partial charge in [0.1, 0.15) is 0 Å². The largest absolute Gasteiger partial charge is 0.329 e. The maximum atomic E-state index is 5.50. The van der Waals surface area contributed by atoms with E-state index in [1.807, 2.05) is 10.9 Å². The smallest absolute Gasteiger partial charge is 0.0967 e. The second-order valence-corrected chi connectivity index (χ2v) is 7.20. The molecule has 2 N–H and O–H groups in total. The van der Waals surface area contributed by atoms with Crippen molar-refractivity contribution in [1.82, 2.24) is 19.9 Å². The number of rotatable bonds is 4. The van der Waals surface area contributed by atoms with Gasteiger partial charge in [0.05, 0.1) is 12.2 Å². The molecule has 1 fully saturated rings. The van der Waals surface area contributed by atoms with E-state index in [2.05, 4.69) is 40.8 Å². The molecule has 0 unspecified atom stereocenters. The number of nitrogens with two attached hydrogens (primary N) is 1. The van der Waals surface area contributed by atoms with Gasteiger partial charge in [-0.25, -0.2) is 0 Å². The van der Waals surface area contributed by atoms with Crippen molar-refractivity contribution in [2.45, 2.75) is 38.1 Å². The minimum Gasteiger partial charge on any atom is -0.329 e. The highest BCUT2D eigenvalue weighted by Gasteiger charge is 2.23. The van der Waals surface area contributed by atoms with E-state index in [-0.39, 0.29) is 0 Å². The predicted molar refractivity (Wildman–Crippen MR) is 75.5 cm³/mol. The molecule has 1 aliphatic rings.